The standard InChI is InChI=1S/C18H13N3O2S2/c1-11-16(17(23)19-12-6-3-2-4-7-12)25-18-20-15(13(10-22)21(11)18)14-8-5-9-24-14/h2-10H,1H3,(H,19,23). The van der Waals surface area contributed by atoms with E-state index in [1.807, 2.05) is 54.8 Å². The Bertz CT molecular complexity index is 1060. The van der Waals surface area contributed by atoms with Crippen LogP contribution in [0.5, 0.6) is 0 Å². The Hall–Kier alpha value is -2.77. The van der Waals surface area contributed by atoms with Gasteiger partial charge < -0.3 is 5.32 Å². The van der Waals surface area contributed by atoms with E-state index in [1.54, 1.807) is 4.40 Å². The van der Waals surface area contributed by atoms with E-state index in [1.165, 1.54) is 22.7 Å². The van der Waals surface area contributed by atoms with Crippen LogP contribution >= 0.6 is 22.7 Å². The van der Waals surface area contributed by atoms with Gasteiger partial charge in [0.25, 0.3) is 5.91 Å². The smallest absolute Gasteiger partial charge is 0.267 e. The van der Waals surface area contributed by atoms with Crippen LogP contribution in [-0.4, -0.2) is 21.6 Å². The fourth-order valence-corrected chi connectivity index (χ4v) is 4.45. The van der Waals surface area contributed by atoms with Crippen molar-refractivity contribution in [3.8, 4) is 10.6 Å². The first-order valence-electron chi connectivity index (χ1n) is 7.56. The van der Waals surface area contributed by atoms with Crippen LogP contribution in [0.2, 0.25) is 0 Å². The molecule has 0 bridgehead atoms. The second-order valence-corrected chi connectivity index (χ2v) is 7.32. The summed E-state index contributed by atoms with van der Waals surface area (Å²) in [5, 5.41) is 4.82. The van der Waals surface area contributed by atoms with Crippen molar-refractivity contribution in [2.24, 2.45) is 0 Å². The maximum absolute atomic E-state index is 12.6. The molecule has 0 unspecified atom stereocenters. The normalized spacial score (nSPS) is 10.9. The molecule has 0 spiro atoms. The van der Waals surface area contributed by atoms with Gasteiger partial charge in [-0.05, 0) is 30.5 Å². The van der Waals surface area contributed by atoms with E-state index in [0.29, 0.717) is 26.9 Å². The Kier molecular flexibility index (Phi) is 3.95. The third-order valence-corrected chi connectivity index (χ3v) is 5.86. The number of aromatic nitrogens is 2. The first-order chi connectivity index (χ1) is 12.2. The van der Waals surface area contributed by atoms with E-state index in [9.17, 15) is 9.59 Å². The van der Waals surface area contributed by atoms with Gasteiger partial charge in [-0.2, -0.15) is 0 Å². The fourth-order valence-electron chi connectivity index (χ4n) is 2.69. The Labute approximate surface area is 151 Å². The molecule has 0 saturated heterocycles. The van der Waals surface area contributed by atoms with Crippen LogP contribution in [0.3, 0.4) is 0 Å². The number of carbonyl (C=O) groups excluding carboxylic acids is 2. The molecular formula is C18H13N3O2S2. The number of nitrogens with one attached hydrogen (secondary N) is 1. The summed E-state index contributed by atoms with van der Waals surface area (Å²) in [6.45, 7) is 1.83. The number of hydrogen-bond donors (Lipinski definition) is 1. The highest BCUT2D eigenvalue weighted by atomic mass is 32.1. The zero-order valence-corrected chi connectivity index (χ0v) is 14.9. The summed E-state index contributed by atoms with van der Waals surface area (Å²) in [6, 6.07) is 13.1. The maximum atomic E-state index is 12.6. The third-order valence-electron chi connectivity index (χ3n) is 3.84. The molecule has 1 N–H and O–H groups in total. The lowest BCUT2D eigenvalue weighted by atomic mass is 10.2. The highest BCUT2D eigenvalue weighted by molar-refractivity contribution is 7.19. The number of rotatable bonds is 4. The molecule has 0 radical (unpaired) electrons. The van der Waals surface area contributed by atoms with Gasteiger partial charge in [0.1, 0.15) is 16.3 Å². The number of thiazole rings is 1. The first-order valence-corrected chi connectivity index (χ1v) is 9.26. The number of hydrogen-bond acceptors (Lipinski definition) is 5. The number of fused-ring (bicyclic) bond motifs is 1. The number of anilines is 1. The van der Waals surface area contributed by atoms with Gasteiger partial charge in [-0.1, -0.05) is 35.6 Å². The van der Waals surface area contributed by atoms with E-state index >= 15 is 0 Å². The molecule has 0 saturated carbocycles. The van der Waals surface area contributed by atoms with Crippen molar-refractivity contribution in [2.75, 3.05) is 5.32 Å². The van der Waals surface area contributed by atoms with Gasteiger partial charge in [-0.25, -0.2) is 4.98 Å². The number of benzene rings is 1. The van der Waals surface area contributed by atoms with Gasteiger partial charge in [0.2, 0.25) is 0 Å². The molecule has 4 rings (SSSR count). The van der Waals surface area contributed by atoms with E-state index in [4.69, 9.17) is 0 Å². The van der Waals surface area contributed by atoms with Gasteiger partial charge in [0.15, 0.2) is 11.2 Å². The number of aryl methyl sites for hydroxylation is 1. The molecule has 0 aliphatic rings. The number of para-hydroxylation sites is 1. The molecule has 0 aliphatic heterocycles. The molecule has 1 aromatic carbocycles. The van der Waals surface area contributed by atoms with Crippen molar-refractivity contribution in [3.63, 3.8) is 0 Å². The Morgan fingerprint density at radius 1 is 1.20 bits per heavy atom. The van der Waals surface area contributed by atoms with Gasteiger partial charge in [-0.3, -0.25) is 14.0 Å². The minimum atomic E-state index is -0.200. The molecule has 5 nitrogen and oxygen atoms in total. The average Bonchev–Trinajstić information content (AvgIpc) is 3.32. The van der Waals surface area contributed by atoms with Crippen LogP contribution in [0.4, 0.5) is 5.69 Å². The lowest BCUT2D eigenvalue weighted by Crippen LogP contribution is -2.12. The van der Waals surface area contributed by atoms with Crippen LogP contribution in [0, 0.1) is 6.92 Å². The second-order valence-electron chi connectivity index (χ2n) is 5.40. The molecule has 1 amide bonds. The summed E-state index contributed by atoms with van der Waals surface area (Å²) >= 11 is 2.82. The first kappa shape index (κ1) is 15.7. The highest BCUT2D eigenvalue weighted by Crippen LogP contribution is 2.32. The Morgan fingerprint density at radius 2 is 2.00 bits per heavy atom. The number of carbonyl (C=O) groups is 2. The largest absolute Gasteiger partial charge is 0.321 e. The molecule has 0 atom stereocenters. The van der Waals surface area contributed by atoms with E-state index in [-0.39, 0.29) is 5.91 Å². The van der Waals surface area contributed by atoms with Gasteiger partial charge in [-0.15, -0.1) is 11.3 Å². The topological polar surface area (TPSA) is 63.5 Å². The SMILES string of the molecule is Cc1c(C(=O)Nc2ccccc2)sc2nc(-c3cccs3)c(C=O)n12. The molecule has 0 fully saturated rings. The monoisotopic (exact) mass is 367 g/mol. The minimum absolute atomic E-state index is 0.200. The zero-order chi connectivity index (χ0) is 17.4. The molecule has 3 aromatic heterocycles. The number of thiophene rings is 1. The van der Waals surface area contributed by atoms with Crippen LogP contribution in [-0.2, 0) is 0 Å². The van der Waals surface area contributed by atoms with Gasteiger partial charge in [0, 0.05) is 11.4 Å². The predicted molar refractivity (Wildman–Crippen MR) is 101 cm³/mol. The van der Waals surface area contributed by atoms with E-state index in [2.05, 4.69) is 10.3 Å². The average molecular weight is 367 g/mol. The molecular weight excluding hydrogens is 354 g/mol. The quantitative estimate of drug-likeness (QED) is 0.540. The van der Waals surface area contributed by atoms with E-state index in [0.717, 1.165) is 16.9 Å². The summed E-state index contributed by atoms with van der Waals surface area (Å²) in [6.07, 6.45) is 0.799. The number of imidazole rings is 1. The summed E-state index contributed by atoms with van der Waals surface area (Å²) in [4.78, 5) is 31.0. The lowest BCUT2D eigenvalue weighted by molar-refractivity contribution is 0.102. The molecule has 124 valence electrons. The lowest BCUT2D eigenvalue weighted by Gasteiger charge is -2.04. The van der Waals surface area contributed by atoms with Crippen LogP contribution in [0.15, 0.2) is 47.8 Å². The zero-order valence-electron chi connectivity index (χ0n) is 13.2. The van der Waals surface area contributed by atoms with Crippen molar-refractivity contribution < 1.29 is 9.59 Å². The van der Waals surface area contributed by atoms with Crippen LogP contribution < -0.4 is 5.32 Å². The van der Waals surface area contributed by atoms with Gasteiger partial charge in [0.05, 0.1) is 4.88 Å². The molecule has 0 aliphatic carbocycles. The summed E-state index contributed by atoms with van der Waals surface area (Å²) in [5.74, 6) is -0.200. The molecule has 4 aromatic rings. The number of aldehydes is 1. The van der Waals surface area contributed by atoms with Crippen LogP contribution in [0.25, 0.3) is 15.5 Å². The van der Waals surface area contributed by atoms with Gasteiger partial charge >= 0.3 is 0 Å². The van der Waals surface area contributed by atoms with Crippen LogP contribution in [0.1, 0.15) is 25.9 Å². The minimum Gasteiger partial charge on any atom is -0.321 e. The van der Waals surface area contributed by atoms with Crippen molar-refractivity contribution >= 4 is 45.5 Å². The summed E-state index contributed by atoms with van der Waals surface area (Å²) < 4.78 is 1.76. The second kappa shape index (κ2) is 6.27. The van der Waals surface area contributed by atoms with E-state index < -0.39 is 0 Å². The molecule has 7 heteroatoms. The Morgan fingerprint density at radius 3 is 2.68 bits per heavy atom. The third kappa shape index (κ3) is 2.67. The summed E-state index contributed by atoms with van der Waals surface area (Å²) in [5.41, 5.74) is 2.58. The van der Waals surface area contributed by atoms with Crippen molar-refractivity contribution in [1.29, 1.82) is 0 Å². The molecule has 3 heterocycles. The fraction of sp³-hybridized carbons (Fsp3) is 0.0556. The van der Waals surface area contributed by atoms with Crippen molar-refractivity contribution in [3.05, 3.63) is 64.1 Å². The number of nitrogens with zero attached hydrogens (tertiary/aromatic N) is 2. The Balaban J connectivity index is 1.77. The van der Waals surface area contributed by atoms with Crippen molar-refractivity contribution in [1.82, 2.24) is 9.38 Å². The summed E-state index contributed by atoms with van der Waals surface area (Å²) in [7, 11) is 0. The highest BCUT2D eigenvalue weighted by Gasteiger charge is 2.22. The maximum Gasteiger partial charge on any atom is 0.267 e. The molecule has 25 heavy (non-hydrogen) atoms. The van der Waals surface area contributed by atoms with Crippen molar-refractivity contribution in [2.45, 2.75) is 6.92 Å². The number of amides is 1. The predicted octanol–water partition coefficient (Wildman–Crippen LogP) is 4.50.